The molecule has 1 aromatic rings. The number of fused-ring (bicyclic) bond motifs is 2. The molecule has 3 fully saturated rings. The van der Waals surface area contributed by atoms with Crippen molar-refractivity contribution in [1.29, 1.82) is 0 Å². The Morgan fingerprint density at radius 2 is 1.81 bits per heavy atom. The number of primary amides is 1. The largest absolute Gasteiger partial charge is 0.396 e. The van der Waals surface area contributed by atoms with Gasteiger partial charge in [-0.15, -0.1) is 0 Å². The van der Waals surface area contributed by atoms with Crippen molar-refractivity contribution in [2.24, 2.45) is 11.7 Å². The van der Waals surface area contributed by atoms with Crippen molar-refractivity contribution in [3.05, 3.63) is 35.4 Å². The first-order chi connectivity index (χ1) is 15.0. The summed E-state index contributed by atoms with van der Waals surface area (Å²) in [5.41, 5.74) is 7.30. The van der Waals surface area contributed by atoms with Crippen molar-refractivity contribution in [3.63, 3.8) is 0 Å². The van der Waals surface area contributed by atoms with Gasteiger partial charge in [0.25, 0.3) is 0 Å². The number of amides is 2. The number of hydrogen-bond acceptors (Lipinski definition) is 4. The molecular weight excluding hydrogens is 390 g/mol. The first kappa shape index (κ1) is 22.3. The Hall–Kier alpha value is -1.92. The summed E-state index contributed by atoms with van der Waals surface area (Å²) in [6.07, 6.45) is 9.87. The molecule has 2 aliphatic heterocycles. The Morgan fingerprint density at radius 1 is 1.10 bits per heavy atom. The van der Waals surface area contributed by atoms with E-state index >= 15 is 0 Å². The number of carbonyl (C=O) groups excluding carboxylic acids is 2. The monoisotopic (exact) mass is 427 g/mol. The van der Waals surface area contributed by atoms with E-state index in [1.807, 2.05) is 17.0 Å². The van der Waals surface area contributed by atoms with Gasteiger partial charge in [-0.1, -0.05) is 25.0 Å². The highest BCUT2D eigenvalue weighted by Crippen LogP contribution is 2.43. The van der Waals surface area contributed by atoms with Crippen LogP contribution in [0.4, 0.5) is 0 Å². The Labute approximate surface area is 185 Å². The van der Waals surface area contributed by atoms with Gasteiger partial charge in [0.2, 0.25) is 11.8 Å². The quantitative estimate of drug-likeness (QED) is 0.634. The molecule has 2 amide bonds. The summed E-state index contributed by atoms with van der Waals surface area (Å²) in [5.74, 6) is 0.832. The van der Waals surface area contributed by atoms with Crippen LogP contribution in [0, 0.1) is 5.92 Å². The van der Waals surface area contributed by atoms with E-state index in [1.54, 1.807) is 6.07 Å². The second kappa shape index (κ2) is 10.1. The summed E-state index contributed by atoms with van der Waals surface area (Å²) in [7, 11) is 0. The fourth-order valence-electron chi connectivity index (χ4n) is 6.17. The molecule has 3 N–H and O–H groups in total. The molecule has 170 valence electrons. The van der Waals surface area contributed by atoms with Gasteiger partial charge in [0.15, 0.2) is 0 Å². The van der Waals surface area contributed by atoms with Crippen LogP contribution in [0.5, 0.6) is 0 Å². The van der Waals surface area contributed by atoms with Crippen LogP contribution in [0.15, 0.2) is 24.3 Å². The predicted molar refractivity (Wildman–Crippen MR) is 121 cm³/mol. The number of nitrogens with zero attached hydrogens (tertiary/aromatic N) is 2. The van der Waals surface area contributed by atoms with Crippen LogP contribution < -0.4 is 5.73 Å². The molecule has 0 radical (unpaired) electrons. The lowest BCUT2D eigenvalue weighted by molar-refractivity contribution is -0.133. The highest BCUT2D eigenvalue weighted by molar-refractivity contribution is 5.92. The minimum atomic E-state index is -0.364. The lowest BCUT2D eigenvalue weighted by Gasteiger charge is -2.40. The standard InChI is InChI=1S/C25H37N3O3/c26-25(31)20-7-3-6-19(14-20)21-15-22-8-9-23(16-21)28(22)12-11-27(24(30)10-13-29)17-18-4-1-2-5-18/h3,6-7,14,18,21-23,29H,1-2,4-5,8-13,15-17H2,(H2,26,31)/t21-,22+,23-. The Kier molecular flexibility index (Phi) is 7.28. The van der Waals surface area contributed by atoms with Gasteiger partial charge < -0.3 is 15.7 Å². The molecule has 3 aliphatic rings. The lowest BCUT2D eigenvalue weighted by atomic mass is 9.84. The zero-order chi connectivity index (χ0) is 21.8. The first-order valence-corrected chi connectivity index (χ1v) is 12.1. The Morgan fingerprint density at radius 3 is 2.45 bits per heavy atom. The molecular formula is C25H37N3O3. The SMILES string of the molecule is NC(=O)c1cccc([C@H]2C[C@H]3CC[C@@H](C2)N3CCN(CC2CCCC2)C(=O)CCO)c1. The highest BCUT2D eigenvalue weighted by atomic mass is 16.3. The van der Waals surface area contributed by atoms with Crippen LogP contribution in [-0.4, -0.2) is 65.0 Å². The smallest absolute Gasteiger partial charge is 0.248 e. The van der Waals surface area contributed by atoms with Crippen LogP contribution in [0.2, 0.25) is 0 Å². The maximum Gasteiger partial charge on any atom is 0.248 e. The average Bonchev–Trinajstić information content (AvgIpc) is 3.36. The number of rotatable bonds is 9. The van der Waals surface area contributed by atoms with Crippen LogP contribution in [0.3, 0.4) is 0 Å². The molecule has 1 saturated carbocycles. The second-order valence-electron chi connectivity index (χ2n) is 9.74. The highest BCUT2D eigenvalue weighted by Gasteiger charge is 2.41. The third kappa shape index (κ3) is 5.29. The summed E-state index contributed by atoms with van der Waals surface area (Å²) in [5, 5.41) is 9.26. The van der Waals surface area contributed by atoms with Crippen molar-refractivity contribution in [1.82, 2.24) is 9.80 Å². The summed E-state index contributed by atoms with van der Waals surface area (Å²) >= 11 is 0. The molecule has 31 heavy (non-hydrogen) atoms. The molecule has 6 heteroatoms. The molecule has 0 aromatic heterocycles. The van der Waals surface area contributed by atoms with Crippen molar-refractivity contribution >= 4 is 11.8 Å². The molecule has 3 atom stereocenters. The molecule has 1 aliphatic carbocycles. The summed E-state index contributed by atoms with van der Waals surface area (Å²) in [4.78, 5) is 28.8. The maximum atomic E-state index is 12.6. The molecule has 1 aromatic carbocycles. The van der Waals surface area contributed by atoms with E-state index < -0.39 is 0 Å². The van der Waals surface area contributed by atoms with E-state index in [0.717, 1.165) is 32.5 Å². The molecule has 2 bridgehead atoms. The van der Waals surface area contributed by atoms with Crippen molar-refractivity contribution < 1.29 is 14.7 Å². The fraction of sp³-hybridized carbons (Fsp3) is 0.680. The van der Waals surface area contributed by atoms with Gasteiger partial charge in [-0.25, -0.2) is 0 Å². The average molecular weight is 428 g/mol. The number of benzene rings is 1. The van der Waals surface area contributed by atoms with Gasteiger partial charge in [0, 0.05) is 43.7 Å². The van der Waals surface area contributed by atoms with Crippen molar-refractivity contribution in [3.8, 4) is 0 Å². The fourth-order valence-corrected chi connectivity index (χ4v) is 6.17. The third-order valence-electron chi connectivity index (χ3n) is 7.79. The van der Waals surface area contributed by atoms with Crippen LogP contribution >= 0.6 is 0 Å². The Bertz CT molecular complexity index is 763. The molecule has 6 nitrogen and oxygen atoms in total. The molecule has 0 unspecified atom stereocenters. The second-order valence-corrected chi connectivity index (χ2v) is 9.74. The number of hydrogen-bond donors (Lipinski definition) is 2. The van der Waals surface area contributed by atoms with Crippen molar-refractivity contribution in [2.45, 2.75) is 75.8 Å². The van der Waals surface area contributed by atoms with Gasteiger partial charge in [0.1, 0.15) is 0 Å². The van der Waals surface area contributed by atoms with E-state index in [4.69, 9.17) is 5.73 Å². The van der Waals surface area contributed by atoms with Gasteiger partial charge in [-0.05, 0) is 68.1 Å². The van der Waals surface area contributed by atoms with E-state index in [9.17, 15) is 14.7 Å². The normalized spacial score (nSPS) is 26.3. The summed E-state index contributed by atoms with van der Waals surface area (Å²) in [6, 6.07) is 8.92. The van der Waals surface area contributed by atoms with E-state index in [-0.39, 0.29) is 24.8 Å². The zero-order valence-electron chi connectivity index (χ0n) is 18.5. The number of piperidine rings is 1. The molecule has 2 saturated heterocycles. The minimum Gasteiger partial charge on any atom is -0.396 e. The van der Waals surface area contributed by atoms with Crippen LogP contribution in [-0.2, 0) is 4.79 Å². The van der Waals surface area contributed by atoms with E-state index in [0.29, 0.717) is 29.5 Å². The number of carbonyl (C=O) groups is 2. The van der Waals surface area contributed by atoms with Crippen molar-refractivity contribution in [2.75, 3.05) is 26.2 Å². The van der Waals surface area contributed by atoms with Gasteiger partial charge in [0.05, 0.1) is 6.61 Å². The van der Waals surface area contributed by atoms with E-state index in [1.165, 1.54) is 44.1 Å². The van der Waals surface area contributed by atoms with Crippen LogP contribution in [0.1, 0.15) is 79.6 Å². The molecule has 0 spiro atoms. The Balaban J connectivity index is 1.37. The zero-order valence-corrected chi connectivity index (χ0v) is 18.5. The number of nitrogens with two attached hydrogens (primary N) is 1. The lowest BCUT2D eigenvalue weighted by Crippen LogP contribution is -2.47. The number of aliphatic hydroxyl groups excluding tert-OH is 1. The minimum absolute atomic E-state index is 0.0684. The number of aliphatic hydroxyl groups is 1. The van der Waals surface area contributed by atoms with E-state index in [2.05, 4.69) is 11.0 Å². The topological polar surface area (TPSA) is 86.9 Å². The molecule has 4 rings (SSSR count). The van der Waals surface area contributed by atoms with Crippen LogP contribution in [0.25, 0.3) is 0 Å². The van der Waals surface area contributed by atoms with Gasteiger partial charge >= 0.3 is 0 Å². The predicted octanol–water partition coefficient (Wildman–Crippen LogP) is 2.90. The van der Waals surface area contributed by atoms with Gasteiger partial charge in [-0.3, -0.25) is 14.5 Å². The molecule has 2 heterocycles. The van der Waals surface area contributed by atoms with Gasteiger partial charge in [-0.2, -0.15) is 0 Å². The first-order valence-electron chi connectivity index (χ1n) is 12.1. The third-order valence-corrected chi connectivity index (χ3v) is 7.79. The maximum absolute atomic E-state index is 12.6. The summed E-state index contributed by atoms with van der Waals surface area (Å²) in [6.45, 7) is 2.48. The summed E-state index contributed by atoms with van der Waals surface area (Å²) < 4.78 is 0.